The zero-order valence-corrected chi connectivity index (χ0v) is 19.9. The first kappa shape index (κ1) is 23.3. The topological polar surface area (TPSA) is 103 Å². The Morgan fingerprint density at radius 3 is 2.65 bits per heavy atom. The Kier molecular flexibility index (Phi) is 6.54. The first-order valence-corrected chi connectivity index (χ1v) is 11.3. The van der Waals surface area contributed by atoms with E-state index in [1.54, 1.807) is 20.8 Å². The highest BCUT2D eigenvalue weighted by atomic mass is 16.6. The highest BCUT2D eigenvalue weighted by Crippen LogP contribution is 2.22. The lowest BCUT2D eigenvalue weighted by Crippen LogP contribution is -2.49. The minimum Gasteiger partial charge on any atom is -0.444 e. The molecule has 0 fully saturated rings. The molecule has 2 amide bonds. The van der Waals surface area contributed by atoms with E-state index in [1.165, 1.54) is 0 Å². The second-order valence-electron chi connectivity index (χ2n) is 9.27. The van der Waals surface area contributed by atoms with Crippen LogP contribution in [0.2, 0.25) is 0 Å². The van der Waals surface area contributed by atoms with Gasteiger partial charge >= 0.3 is 6.09 Å². The van der Waals surface area contributed by atoms with Gasteiger partial charge in [-0.25, -0.2) is 4.79 Å². The van der Waals surface area contributed by atoms with E-state index in [1.807, 2.05) is 70.9 Å². The van der Waals surface area contributed by atoms with Gasteiger partial charge in [0.2, 0.25) is 5.91 Å². The summed E-state index contributed by atoms with van der Waals surface area (Å²) in [6, 6.07) is 12.9. The van der Waals surface area contributed by atoms with Crippen LogP contribution in [0.25, 0.3) is 16.6 Å². The van der Waals surface area contributed by atoms with Gasteiger partial charge in [-0.15, -0.1) is 10.2 Å². The van der Waals surface area contributed by atoms with E-state index in [0.29, 0.717) is 19.4 Å². The molecule has 0 aliphatic carbocycles. The minimum atomic E-state index is -0.796. The highest BCUT2D eigenvalue weighted by Gasteiger charge is 2.26. The average Bonchev–Trinajstić information content (AvgIpc) is 3.33. The molecule has 0 saturated carbocycles. The van der Waals surface area contributed by atoms with Gasteiger partial charge in [-0.05, 0) is 44.5 Å². The van der Waals surface area contributed by atoms with Gasteiger partial charge in [0.15, 0.2) is 5.65 Å². The lowest BCUT2D eigenvalue weighted by atomic mass is 10.0. The number of alkyl carbamates (subject to hydrolysis) is 1. The number of para-hydroxylation sites is 1. The van der Waals surface area contributed by atoms with E-state index in [9.17, 15) is 9.59 Å². The molecule has 3 aromatic heterocycles. The second kappa shape index (κ2) is 9.54. The zero-order valence-electron chi connectivity index (χ0n) is 19.9. The number of nitrogens with zero attached hydrogens (tertiary/aromatic N) is 4. The van der Waals surface area contributed by atoms with Gasteiger partial charge in [-0.1, -0.05) is 24.3 Å². The van der Waals surface area contributed by atoms with Crippen LogP contribution >= 0.6 is 0 Å². The van der Waals surface area contributed by atoms with Gasteiger partial charge in [0.1, 0.15) is 17.5 Å². The number of rotatable bonds is 7. The fourth-order valence-corrected chi connectivity index (χ4v) is 3.95. The first-order valence-electron chi connectivity index (χ1n) is 11.3. The molecule has 0 aliphatic rings. The fraction of sp³-hybridized carbons (Fsp3) is 0.360. The molecule has 9 nitrogen and oxygen atoms in total. The molecule has 178 valence electrons. The maximum Gasteiger partial charge on any atom is 0.408 e. The number of carbonyl (C=O) groups is 2. The summed E-state index contributed by atoms with van der Waals surface area (Å²) < 4.78 is 9.31. The van der Waals surface area contributed by atoms with E-state index in [4.69, 9.17) is 4.74 Å². The van der Waals surface area contributed by atoms with Crippen LogP contribution < -0.4 is 10.6 Å². The van der Waals surface area contributed by atoms with Crippen molar-refractivity contribution in [2.24, 2.45) is 7.05 Å². The van der Waals surface area contributed by atoms with Crippen molar-refractivity contribution in [1.29, 1.82) is 0 Å². The highest BCUT2D eigenvalue weighted by molar-refractivity contribution is 5.88. The Labute approximate surface area is 198 Å². The summed E-state index contributed by atoms with van der Waals surface area (Å²) in [5.74, 6) is 0.467. The summed E-state index contributed by atoms with van der Waals surface area (Å²) in [6.07, 6.45) is 4.09. The molecule has 3 heterocycles. The average molecular weight is 463 g/mol. The summed E-state index contributed by atoms with van der Waals surface area (Å²) >= 11 is 0. The van der Waals surface area contributed by atoms with Crippen molar-refractivity contribution in [3.63, 3.8) is 0 Å². The molecule has 4 aromatic rings. The number of pyridine rings is 1. The maximum atomic E-state index is 13.2. The molecule has 0 spiro atoms. The standard InChI is InChI=1S/C25H30N6O3/c1-25(2,3)34-24(33)27-19(15-17-16-30(4)20-10-6-5-9-18(17)20)23(32)26-13-12-22-29-28-21-11-7-8-14-31(21)22/h5-11,14,16,19H,12-13,15H2,1-4H3,(H,26,32)(H,27,33)/t19-/m0/s1. The number of aryl methyl sites for hydroxylation is 1. The molecular formula is C25H30N6O3. The third-order valence-electron chi connectivity index (χ3n) is 5.44. The predicted molar refractivity (Wildman–Crippen MR) is 129 cm³/mol. The monoisotopic (exact) mass is 462 g/mol. The summed E-state index contributed by atoms with van der Waals surface area (Å²) in [7, 11) is 1.96. The Morgan fingerprint density at radius 1 is 1.09 bits per heavy atom. The van der Waals surface area contributed by atoms with Gasteiger partial charge < -0.3 is 19.9 Å². The van der Waals surface area contributed by atoms with Crippen molar-refractivity contribution in [3.05, 3.63) is 66.2 Å². The van der Waals surface area contributed by atoms with Gasteiger partial charge in [0, 0.05) is 49.7 Å². The number of hydrogen-bond acceptors (Lipinski definition) is 5. The zero-order chi connectivity index (χ0) is 24.3. The largest absolute Gasteiger partial charge is 0.444 e. The molecule has 34 heavy (non-hydrogen) atoms. The predicted octanol–water partition coefficient (Wildman–Crippen LogP) is 3.02. The van der Waals surface area contributed by atoms with E-state index >= 15 is 0 Å². The van der Waals surface area contributed by atoms with Crippen molar-refractivity contribution in [2.75, 3.05) is 6.54 Å². The molecule has 0 aliphatic heterocycles. The Morgan fingerprint density at radius 2 is 1.85 bits per heavy atom. The SMILES string of the molecule is Cn1cc(C[C@H](NC(=O)OC(C)(C)C)C(=O)NCCc2nnc3ccccn23)c2ccccc21. The number of carbonyl (C=O) groups excluding carboxylic acids is 2. The number of amides is 2. The van der Waals surface area contributed by atoms with Crippen molar-refractivity contribution >= 4 is 28.6 Å². The molecule has 9 heteroatoms. The summed E-state index contributed by atoms with van der Waals surface area (Å²) in [6.45, 7) is 5.72. The van der Waals surface area contributed by atoms with Crippen LogP contribution in [0.4, 0.5) is 4.79 Å². The molecule has 0 unspecified atom stereocenters. The number of ether oxygens (including phenoxy) is 1. The molecule has 0 radical (unpaired) electrons. The van der Waals surface area contributed by atoms with E-state index in [0.717, 1.165) is 27.9 Å². The second-order valence-corrected chi connectivity index (χ2v) is 9.27. The van der Waals surface area contributed by atoms with Gasteiger partial charge in [-0.3, -0.25) is 9.20 Å². The number of benzene rings is 1. The van der Waals surface area contributed by atoms with Gasteiger partial charge in [-0.2, -0.15) is 0 Å². The quantitative estimate of drug-likeness (QED) is 0.440. The molecule has 2 N–H and O–H groups in total. The molecule has 1 atom stereocenters. The number of aromatic nitrogens is 4. The third-order valence-corrected chi connectivity index (χ3v) is 5.44. The smallest absolute Gasteiger partial charge is 0.408 e. The van der Waals surface area contributed by atoms with Crippen LogP contribution in [0.3, 0.4) is 0 Å². The normalized spacial score (nSPS) is 12.6. The van der Waals surface area contributed by atoms with Gasteiger partial charge in [0.05, 0.1) is 0 Å². The lowest BCUT2D eigenvalue weighted by Gasteiger charge is -2.23. The van der Waals surface area contributed by atoms with E-state index in [-0.39, 0.29) is 5.91 Å². The van der Waals surface area contributed by atoms with Crippen molar-refractivity contribution in [1.82, 2.24) is 29.8 Å². The molecule has 4 rings (SSSR count). The number of nitrogens with one attached hydrogen (secondary N) is 2. The van der Waals surface area contributed by atoms with Crippen molar-refractivity contribution in [2.45, 2.75) is 45.3 Å². The van der Waals surface area contributed by atoms with E-state index in [2.05, 4.69) is 20.8 Å². The van der Waals surface area contributed by atoms with Crippen LogP contribution in [0.5, 0.6) is 0 Å². The number of hydrogen-bond donors (Lipinski definition) is 2. The Hall–Kier alpha value is -3.88. The van der Waals surface area contributed by atoms with Crippen LogP contribution in [-0.2, 0) is 29.4 Å². The van der Waals surface area contributed by atoms with Crippen LogP contribution in [0.15, 0.2) is 54.9 Å². The minimum absolute atomic E-state index is 0.285. The molecular weight excluding hydrogens is 432 g/mol. The van der Waals surface area contributed by atoms with Crippen LogP contribution in [0.1, 0.15) is 32.2 Å². The summed E-state index contributed by atoms with van der Waals surface area (Å²) in [4.78, 5) is 25.7. The van der Waals surface area contributed by atoms with Crippen molar-refractivity contribution < 1.29 is 14.3 Å². The Balaban J connectivity index is 1.48. The molecule has 1 aromatic carbocycles. The molecule has 0 bridgehead atoms. The van der Waals surface area contributed by atoms with Crippen molar-refractivity contribution in [3.8, 4) is 0 Å². The fourth-order valence-electron chi connectivity index (χ4n) is 3.95. The summed E-state index contributed by atoms with van der Waals surface area (Å²) in [5, 5.41) is 15.1. The maximum absolute atomic E-state index is 13.2. The third kappa shape index (κ3) is 5.36. The van der Waals surface area contributed by atoms with Crippen LogP contribution in [0, 0.1) is 0 Å². The number of fused-ring (bicyclic) bond motifs is 2. The summed E-state index contributed by atoms with van der Waals surface area (Å²) in [5.41, 5.74) is 2.12. The van der Waals surface area contributed by atoms with E-state index < -0.39 is 17.7 Å². The lowest BCUT2D eigenvalue weighted by molar-refractivity contribution is -0.123. The Bertz CT molecular complexity index is 1320. The van der Waals surface area contributed by atoms with Crippen LogP contribution in [-0.4, -0.2) is 49.4 Å². The first-order chi connectivity index (χ1) is 16.2. The van der Waals surface area contributed by atoms with Gasteiger partial charge in [0.25, 0.3) is 0 Å². The molecule has 0 saturated heterocycles.